The van der Waals surface area contributed by atoms with Crippen molar-refractivity contribution in [1.82, 2.24) is 10.2 Å². The van der Waals surface area contributed by atoms with Crippen LogP contribution >= 0.6 is 11.8 Å². The molecule has 1 saturated heterocycles. The Morgan fingerprint density at radius 2 is 2.11 bits per heavy atom. The third-order valence-electron chi connectivity index (χ3n) is 4.68. The Kier molecular flexibility index (Phi) is 4.96. The van der Waals surface area contributed by atoms with Gasteiger partial charge in [-0.25, -0.2) is 0 Å². The van der Waals surface area contributed by atoms with Crippen molar-refractivity contribution in [2.45, 2.75) is 56.5 Å². The van der Waals surface area contributed by atoms with Crippen molar-refractivity contribution < 1.29 is 4.79 Å². The summed E-state index contributed by atoms with van der Waals surface area (Å²) in [6.45, 7) is 0. The molecule has 0 aromatic heterocycles. The summed E-state index contributed by atoms with van der Waals surface area (Å²) in [6, 6.07) is 0.472. The smallest absolute Gasteiger partial charge is 0.224 e. The van der Waals surface area contributed by atoms with Gasteiger partial charge in [-0.15, -0.1) is 0 Å². The van der Waals surface area contributed by atoms with Crippen LogP contribution in [0.4, 0.5) is 0 Å². The molecular formula is C14H26N2OS. The fourth-order valence-electron chi connectivity index (χ4n) is 3.19. The summed E-state index contributed by atoms with van der Waals surface area (Å²) in [5.41, 5.74) is 0.0787. The number of nitrogens with one attached hydrogen (secondary N) is 1. The van der Waals surface area contributed by atoms with E-state index in [0.717, 1.165) is 18.6 Å². The van der Waals surface area contributed by atoms with E-state index >= 15 is 0 Å². The van der Waals surface area contributed by atoms with Crippen molar-refractivity contribution >= 4 is 17.7 Å². The second-order valence-electron chi connectivity index (χ2n) is 5.79. The van der Waals surface area contributed by atoms with Crippen LogP contribution in [-0.4, -0.2) is 48.0 Å². The molecule has 1 N–H and O–H groups in total. The van der Waals surface area contributed by atoms with Crippen molar-refractivity contribution in [2.75, 3.05) is 25.6 Å². The molecule has 0 radical (unpaired) electrons. The standard InChI is InChI=1S/C14H26N2OS/c1-15-14(7-4-3-5-8-14)10-13(17)16(2)12-6-9-18-11-12/h12,15H,3-11H2,1-2H3. The van der Waals surface area contributed by atoms with Crippen LogP contribution in [0.1, 0.15) is 44.9 Å². The van der Waals surface area contributed by atoms with Crippen LogP contribution in [0.25, 0.3) is 0 Å². The third-order valence-corrected chi connectivity index (χ3v) is 5.82. The summed E-state index contributed by atoms with van der Waals surface area (Å²) in [6.07, 6.45) is 8.01. The molecule has 18 heavy (non-hydrogen) atoms. The summed E-state index contributed by atoms with van der Waals surface area (Å²) >= 11 is 1.97. The number of carbonyl (C=O) groups is 1. The van der Waals surface area contributed by atoms with E-state index in [9.17, 15) is 4.79 Å². The molecule has 1 saturated carbocycles. The summed E-state index contributed by atoms with van der Waals surface area (Å²) in [5, 5.41) is 3.44. The third kappa shape index (κ3) is 3.21. The molecule has 0 aromatic rings. The zero-order chi connectivity index (χ0) is 13.0. The number of nitrogens with zero attached hydrogens (tertiary/aromatic N) is 1. The van der Waals surface area contributed by atoms with Crippen LogP contribution in [0.3, 0.4) is 0 Å². The van der Waals surface area contributed by atoms with Gasteiger partial charge in [0.1, 0.15) is 0 Å². The summed E-state index contributed by atoms with van der Waals surface area (Å²) < 4.78 is 0. The Morgan fingerprint density at radius 3 is 2.67 bits per heavy atom. The van der Waals surface area contributed by atoms with E-state index in [4.69, 9.17) is 0 Å². The fourth-order valence-corrected chi connectivity index (χ4v) is 4.46. The van der Waals surface area contributed by atoms with Crippen LogP contribution in [0.15, 0.2) is 0 Å². The zero-order valence-electron chi connectivity index (χ0n) is 11.7. The molecule has 1 unspecified atom stereocenters. The Balaban J connectivity index is 1.91. The Hall–Kier alpha value is -0.220. The minimum absolute atomic E-state index is 0.0787. The molecular weight excluding hydrogens is 244 g/mol. The first kappa shape index (κ1) is 14.2. The maximum Gasteiger partial charge on any atom is 0.224 e. The highest BCUT2D eigenvalue weighted by Crippen LogP contribution is 2.32. The lowest BCUT2D eigenvalue weighted by molar-refractivity contribution is -0.133. The summed E-state index contributed by atoms with van der Waals surface area (Å²) in [4.78, 5) is 14.4. The van der Waals surface area contributed by atoms with Gasteiger partial charge in [0.15, 0.2) is 0 Å². The van der Waals surface area contributed by atoms with Gasteiger partial charge in [-0.05, 0) is 32.1 Å². The Morgan fingerprint density at radius 1 is 1.39 bits per heavy atom. The van der Waals surface area contributed by atoms with E-state index in [-0.39, 0.29) is 5.54 Å². The van der Waals surface area contributed by atoms with Gasteiger partial charge in [-0.3, -0.25) is 4.79 Å². The van der Waals surface area contributed by atoms with E-state index in [2.05, 4.69) is 5.32 Å². The van der Waals surface area contributed by atoms with Gasteiger partial charge in [0.2, 0.25) is 5.91 Å². The minimum Gasteiger partial charge on any atom is -0.342 e. The largest absolute Gasteiger partial charge is 0.342 e. The highest BCUT2D eigenvalue weighted by atomic mass is 32.2. The van der Waals surface area contributed by atoms with Crippen LogP contribution in [-0.2, 0) is 4.79 Å². The van der Waals surface area contributed by atoms with Gasteiger partial charge in [0.25, 0.3) is 0 Å². The molecule has 0 spiro atoms. The minimum atomic E-state index is 0.0787. The predicted molar refractivity (Wildman–Crippen MR) is 78.0 cm³/mol. The van der Waals surface area contributed by atoms with Gasteiger partial charge >= 0.3 is 0 Å². The van der Waals surface area contributed by atoms with Crippen LogP contribution in [0, 0.1) is 0 Å². The lowest BCUT2D eigenvalue weighted by Gasteiger charge is -2.38. The molecule has 2 fully saturated rings. The van der Waals surface area contributed by atoms with Crippen LogP contribution in [0.2, 0.25) is 0 Å². The Labute approximate surface area is 115 Å². The van der Waals surface area contributed by atoms with Gasteiger partial charge in [0, 0.05) is 30.8 Å². The number of rotatable bonds is 4. The molecule has 0 aromatic carbocycles. The maximum absolute atomic E-state index is 12.4. The Bertz CT molecular complexity index is 284. The lowest BCUT2D eigenvalue weighted by atomic mass is 9.79. The normalized spacial score (nSPS) is 27.1. The number of hydrogen-bond acceptors (Lipinski definition) is 3. The molecule has 3 nitrogen and oxygen atoms in total. The quantitative estimate of drug-likeness (QED) is 0.850. The second-order valence-corrected chi connectivity index (χ2v) is 6.94. The highest BCUT2D eigenvalue weighted by Gasteiger charge is 2.35. The van der Waals surface area contributed by atoms with E-state index in [1.54, 1.807) is 0 Å². The number of amides is 1. The van der Waals surface area contributed by atoms with E-state index in [1.165, 1.54) is 31.4 Å². The average molecular weight is 270 g/mol. The lowest BCUT2D eigenvalue weighted by Crippen LogP contribution is -2.49. The van der Waals surface area contributed by atoms with Crippen molar-refractivity contribution in [3.63, 3.8) is 0 Å². The molecule has 104 valence electrons. The molecule has 1 aliphatic heterocycles. The SMILES string of the molecule is CNC1(CC(=O)N(C)C2CCSC2)CCCCC1. The van der Waals surface area contributed by atoms with Crippen molar-refractivity contribution in [1.29, 1.82) is 0 Å². The monoisotopic (exact) mass is 270 g/mol. The van der Waals surface area contributed by atoms with Gasteiger partial charge in [0.05, 0.1) is 0 Å². The summed E-state index contributed by atoms with van der Waals surface area (Å²) in [5.74, 6) is 2.66. The molecule has 4 heteroatoms. The van der Waals surface area contributed by atoms with Gasteiger partial charge < -0.3 is 10.2 Å². The van der Waals surface area contributed by atoms with E-state index in [0.29, 0.717) is 18.4 Å². The number of hydrogen-bond donors (Lipinski definition) is 1. The zero-order valence-corrected chi connectivity index (χ0v) is 12.5. The molecule has 1 amide bonds. The van der Waals surface area contributed by atoms with Crippen molar-refractivity contribution in [3.05, 3.63) is 0 Å². The molecule has 2 aliphatic rings. The van der Waals surface area contributed by atoms with E-state index < -0.39 is 0 Å². The van der Waals surface area contributed by atoms with Gasteiger partial charge in [-0.1, -0.05) is 19.3 Å². The van der Waals surface area contributed by atoms with Crippen molar-refractivity contribution in [2.24, 2.45) is 0 Å². The molecule has 0 bridgehead atoms. The average Bonchev–Trinajstić information content (AvgIpc) is 2.92. The number of thioether (sulfide) groups is 1. The molecule has 1 atom stereocenters. The first-order valence-electron chi connectivity index (χ1n) is 7.19. The molecule has 1 heterocycles. The first-order chi connectivity index (χ1) is 8.67. The fraction of sp³-hybridized carbons (Fsp3) is 0.929. The van der Waals surface area contributed by atoms with Crippen LogP contribution < -0.4 is 5.32 Å². The predicted octanol–water partition coefficient (Wildman–Crippen LogP) is 2.26. The van der Waals surface area contributed by atoms with Gasteiger partial charge in [-0.2, -0.15) is 11.8 Å². The highest BCUT2D eigenvalue weighted by molar-refractivity contribution is 7.99. The summed E-state index contributed by atoms with van der Waals surface area (Å²) in [7, 11) is 4.01. The van der Waals surface area contributed by atoms with Crippen molar-refractivity contribution in [3.8, 4) is 0 Å². The first-order valence-corrected chi connectivity index (χ1v) is 8.35. The topological polar surface area (TPSA) is 32.3 Å². The second kappa shape index (κ2) is 6.29. The molecule has 2 rings (SSSR count). The molecule has 1 aliphatic carbocycles. The number of carbonyl (C=O) groups excluding carboxylic acids is 1. The maximum atomic E-state index is 12.4. The van der Waals surface area contributed by atoms with E-state index in [1.807, 2.05) is 30.8 Å². The van der Waals surface area contributed by atoms with Crippen LogP contribution in [0.5, 0.6) is 0 Å².